The number of carbonyl (C=O) groups excluding carboxylic acids is 1. The highest BCUT2D eigenvalue weighted by molar-refractivity contribution is 6.01. The van der Waals surface area contributed by atoms with Gasteiger partial charge in [0.15, 0.2) is 5.82 Å². The van der Waals surface area contributed by atoms with Crippen LogP contribution in [0.15, 0.2) is 90.3 Å². The lowest BCUT2D eigenvalue weighted by molar-refractivity contribution is 0.0951. The van der Waals surface area contributed by atoms with Crippen LogP contribution in [0.4, 0.5) is 11.6 Å². The molecule has 4 aromatic rings. The number of hydrazone groups is 1. The van der Waals surface area contributed by atoms with Crippen LogP contribution in [-0.4, -0.2) is 26.6 Å². The number of nitrogens with zero attached hydrogens (tertiary/aromatic N) is 4. The summed E-state index contributed by atoms with van der Waals surface area (Å²) in [6, 6.07) is 22.5. The number of hydrogen-bond acceptors (Lipinski definition) is 7. The van der Waals surface area contributed by atoms with Gasteiger partial charge in [-0.25, -0.2) is 15.0 Å². The van der Waals surface area contributed by atoms with Crippen molar-refractivity contribution in [3.8, 4) is 11.3 Å². The molecule has 164 valence electrons. The highest BCUT2D eigenvalue weighted by Crippen LogP contribution is 2.20. The van der Waals surface area contributed by atoms with E-state index in [-0.39, 0.29) is 11.7 Å². The van der Waals surface area contributed by atoms with Crippen molar-refractivity contribution < 1.29 is 4.79 Å². The third kappa shape index (κ3) is 5.56. The van der Waals surface area contributed by atoms with Crippen molar-refractivity contribution >= 4 is 23.3 Å². The first kappa shape index (κ1) is 21.6. The SMILES string of the molecule is CC(=NNc1ccccn1)c1nc(-c2cccc(C(=O)NCc3ccccc3)c2)cnc1N. The van der Waals surface area contributed by atoms with Crippen molar-refractivity contribution in [3.05, 3.63) is 102 Å². The monoisotopic (exact) mass is 437 g/mol. The van der Waals surface area contributed by atoms with Gasteiger partial charge in [0.05, 0.1) is 17.6 Å². The Morgan fingerprint density at radius 3 is 2.61 bits per heavy atom. The number of amides is 1. The van der Waals surface area contributed by atoms with Gasteiger partial charge in [-0.2, -0.15) is 5.10 Å². The smallest absolute Gasteiger partial charge is 0.251 e. The van der Waals surface area contributed by atoms with E-state index in [0.29, 0.717) is 35.0 Å². The molecule has 0 bridgehead atoms. The lowest BCUT2D eigenvalue weighted by Crippen LogP contribution is -2.22. The van der Waals surface area contributed by atoms with Crippen molar-refractivity contribution in [2.24, 2.45) is 5.10 Å². The third-order valence-corrected chi connectivity index (χ3v) is 4.86. The van der Waals surface area contributed by atoms with Gasteiger partial charge in [-0.1, -0.05) is 48.5 Å². The molecular weight excluding hydrogens is 414 g/mol. The van der Waals surface area contributed by atoms with Crippen molar-refractivity contribution in [3.63, 3.8) is 0 Å². The number of carbonyl (C=O) groups is 1. The summed E-state index contributed by atoms with van der Waals surface area (Å²) in [5.74, 6) is 0.704. The molecule has 33 heavy (non-hydrogen) atoms. The third-order valence-electron chi connectivity index (χ3n) is 4.86. The van der Waals surface area contributed by atoms with E-state index >= 15 is 0 Å². The molecule has 0 aliphatic carbocycles. The number of anilines is 2. The minimum atomic E-state index is -0.165. The van der Waals surface area contributed by atoms with E-state index in [4.69, 9.17) is 5.73 Å². The Kier molecular flexibility index (Phi) is 6.65. The minimum absolute atomic E-state index is 0.165. The summed E-state index contributed by atoms with van der Waals surface area (Å²) in [5, 5.41) is 7.25. The summed E-state index contributed by atoms with van der Waals surface area (Å²) >= 11 is 0. The Labute approximate surface area is 191 Å². The maximum absolute atomic E-state index is 12.7. The van der Waals surface area contributed by atoms with Gasteiger partial charge >= 0.3 is 0 Å². The van der Waals surface area contributed by atoms with Gasteiger partial charge in [0.2, 0.25) is 0 Å². The van der Waals surface area contributed by atoms with Crippen LogP contribution in [0.5, 0.6) is 0 Å². The first-order chi connectivity index (χ1) is 16.1. The first-order valence-electron chi connectivity index (χ1n) is 10.4. The number of pyridine rings is 1. The molecule has 0 aliphatic heterocycles. The molecule has 0 fully saturated rings. The number of nitrogen functional groups attached to an aromatic ring is 1. The number of nitrogens with one attached hydrogen (secondary N) is 2. The Hall–Kier alpha value is -4.59. The molecule has 8 heteroatoms. The van der Waals surface area contributed by atoms with Gasteiger partial charge in [0.25, 0.3) is 5.91 Å². The van der Waals surface area contributed by atoms with Crippen LogP contribution in [0.3, 0.4) is 0 Å². The molecule has 4 rings (SSSR count). The van der Waals surface area contributed by atoms with E-state index in [0.717, 1.165) is 11.1 Å². The molecule has 0 atom stereocenters. The van der Waals surface area contributed by atoms with E-state index < -0.39 is 0 Å². The molecule has 0 aliphatic rings. The Morgan fingerprint density at radius 2 is 1.82 bits per heavy atom. The van der Waals surface area contributed by atoms with Gasteiger partial charge in [-0.3, -0.25) is 10.2 Å². The highest BCUT2D eigenvalue weighted by atomic mass is 16.1. The molecule has 0 spiro atoms. The number of hydrogen-bond donors (Lipinski definition) is 3. The number of aromatic nitrogens is 3. The van der Waals surface area contributed by atoms with Crippen LogP contribution >= 0.6 is 0 Å². The lowest BCUT2D eigenvalue weighted by Gasteiger charge is -2.09. The molecule has 0 saturated heterocycles. The standard InChI is InChI=1S/C25H23N7O/c1-17(31-32-22-12-5-6-13-27-22)23-24(26)28-16-21(30-23)19-10-7-11-20(14-19)25(33)29-15-18-8-3-2-4-9-18/h2-14,16H,15H2,1H3,(H2,26,28)(H,27,32)(H,29,33). The van der Waals surface area contributed by atoms with Crippen molar-refractivity contribution in [1.82, 2.24) is 20.3 Å². The Morgan fingerprint density at radius 1 is 1.00 bits per heavy atom. The molecule has 8 nitrogen and oxygen atoms in total. The summed E-state index contributed by atoms with van der Waals surface area (Å²) < 4.78 is 0. The molecular formula is C25H23N7O. The molecule has 4 N–H and O–H groups in total. The average Bonchev–Trinajstić information content (AvgIpc) is 2.87. The Balaban J connectivity index is 1.52. The second-order valence-corrected chi connectivity index (χ2v) is 7.26. The predicted octanol–water partition coefficient (Wildman–Crippen LogP) is 3.89. The first-order valence-corrected chi connectivity index (χ1v) is 10.4. The molecule has 2 heterocycles. The lowest BCUT2D eigenvalue weighted by atomic mass is 10.1. The minimum Gasteiger partial charge on any atom is -0.382 e. The summed E-state index contributed by atoms with van der Waals surface area (Å²) in [4.78, 5) is 25.7. The van der Waals surface area contributed by atoms with Gasteiger partial charge < -0.3 is 11.1 Å². The average molecular weight is 438 g/mol. The van der Waals surface area contributed by atoms with Gasteiger partial charge in [0, 0.05) is 23.9 Å². The molecule has 0 radical (unpaired) electrons. The van der Waals surface area contributed by atoms with Crippen LogP contribution in [0.1, 0.15) is 28.5 Å². The van der Waals surface area contributed by atoms with Crippen molar-refractivity contribution in [1.29, 1.82) is 0 Å². The summed E-state index contributed by atoms with van der Waals surface area (Å²) in [7, 11) is 0. The topological polar surface area (TPSA) is 118 Å². The van der Waals surface area contributed by atoms with E-state index in [1.54, 1.807) is 37.5 Å². The fraction of sp³-hybridized carbons (Fsp3) is 0.0800. The fourth-order valence-electron chi connectivity index (χ4n) is 3.13. The number of nitrogens with two attached hydrogens (primary N) is 1. The Bertz CT molecular complexity index is 1270. The van der Waals surface area contributed by atoms with Crippen LogP contribution in [0.25, 0.3) is 11.3 Å². The van der Waals surface area contributed by atoms with E-state index in [2.05, 4.69) is 30.8 Å². The summed E-state index contributed by atoms with van der Waals surface area (Å²) in [6.07, 6.45) is 3.25. The second kappa shape index (κ2) is 10.1. The zero-order valence-corrected chi connectivity index (χ0v) is 18.1. The van der Waals surface area contributed by atoms with Gasteiger partial charge in [0.1, 0.15) is 11.5 Å². The van der Waals surface area contributed by atoms with Crippen LogP contribution in [-0.2, 0) is 6.54 Å². The quantitative estimate of drug-likeness (QED) is 0.298. The van der Waals surface area contributed by atoms with E-state index in [1.807, 2.05) is 54.6 Å². The molecule has 0 unspecified atom stereocenters. The maximum Gasteiger partial charge on any atom is 0.251 e. The van der Waals surface area contributed by atoms with Gasteiger partial charge in [-0.05, 0) is 36.8 Å². The van der Waals surface area contributed by atoms with Crippen molar-refractivity contribution in [2.45, 2.75) is 13.5 Å². The highest BCUT2D eigenvalue weighted by Gasteiger charge is 2.12. The normalized spacial score (nSPS) is 11.1. The van der Waals surface area contributed by atoms with Crippen LogP contribution < -0.4 is 16.5 Å². The van der Waals surface area contributed by atoms with Crippen molar-refractivity contribution in [2.75, 3.05) is 11.2 Å². The van der Waals surface area contributed by atoms with Crippen LogP contribution in [0, 0.1) is 0 Å². The largest absolute Gasteiger partial charge is 0.382 e. The number of benzene rings is 2. The zero-order chi connectivity index (χ0) is 23.0. The van der Waals surface area contributed by atoms with E-state index in [1.165, 1.54) is 0 Å². The molecule has 2 aromatic carbocycles. The maximum atomic E-state index is 12.7. The predicted molar refractivity (Wildman–Crippen MR) is 130 cm³/mol. The van der Waals surface area contributed by atoms with Gasteiger partial charge in [-0.15, -0.1) is 0 Å². The summed E-state index contributed by atoms with van der Waals surface area (Å²) in [5.41, 5.74) is 12.8. The summed E-state index contributed by atoms with van der Waals surface area (Å²) in [6.45, 7) is 2.24. The zero-order valence-electron chi connectivity index (χ0n) is 18.1. The second-order valence-electron chi connectivity index (χ2n) is 7.26. The molecule has 1 amide bonds. The number of rotatable bonds is 7. The fourth-order valence-corrected chi connectivity index (χ4v) is 3.13. The molecule has 2 aromatic heterocycles. The molecule has 0 saturated carbocycles. The van der Waals surface area contributed by atoms with E-state index in [9.17, 15) is 4.79 Å². The van der Waals surface area contributed by atoms with Crippen LogP contribution in [0.2, 0.25) is 0 Å².